The number of hydrogen-bond donors (Lipinski definition) is 1. The van der Waals surface area contributed by atoms with Crippen molar-refractivity contribution in [3.63, 3.8) is 0 Å². The van der Waals surface area contributed by atoms with Crippen LogP contribution in [0.25, 0.3) is 11.0 Å². The highest BCUT2D eigenvalue weighted by Gasteiger charge is 2.32. The number of carbonyl (C=O) groups excluding carboxylic acids is 1. The van der Waals surface area contributed by atoms with Crippen LogP contribution in [-0.2, 0) is 22.6 Å². The topological polar surface area (TPSA) is 75.4 Å². The summed E-state index contributed by atoms with van der Waals surface area (Å²) in [5.41, 5.74) is 1.78. The zero-order valence-corrected chi connectivity index (χ0v) is 13.2. The molecule has 0 bridgehead atoms. The van der Waals surface area contributed by atoms with E-state index >= 15 is 0 Å². The van der Waals surface area contributed by atoms with E-state index in [1.165, 1.54) is 4.90 Å². The Kier molecular flexibility index (Phi) is 4.32. The fourth-order valence-electron chi connectivity index (χ4n) is 3.28. The summed E-state index contributed by atoms with van der Waals surface area (Å²) < 4.78 is 1.91. The van der Waals surface area contributed by atoms with Gasteiger partial charge in [-0.05, 0) is 31.4 Å². The minimum Gasteiger partial charge on any atom is -0.480 e. The Morgan fingerprint density at radius 3 is 2.83 bits per heavy atom. The van der Waals surface area contributed by atoms with Crippen molar-refractivity contribution in [2.24, 2.45) is 0 Å². The number of benzene rings is 1. The number of amides is 1. The minimum atomic E-state index is -0.913. The number of nitrogens with zero attached hydrogens (tertiary/aromatic N) is 3. The second kappa shape index (κ2) is 6.40. The summed E-state index contributed by atoms with van der Waals surface area (Å²) in [5.74, 6) is -0.206. The molecule has 1 atom stereocenters. The average molecular weight is 315 g/mol. The molecule has 0 spiro atoms. The van der Waals surface area contributed by atoms with Gasteiger partial charge < -0.3 is 14.6 Å². The van der Waals surface area contributed by atoms with Gasteiger partial charge in [0.2, 0.25) is 5.91 Å². The average Bonchev–Trinajstić information content (AvgIpc) is 2.92. The van der Waals surface area contributed by atoms with Gasteiger partial charge in [-0.3, -0.25) is 4.79 Å². The van der Waals surface area contributed by atoms with Gasteiger partial charge in [-0.2, -0.15) is 0 Å². The Bertz CT molecular complexity index is 738. The Labute approximate surface area is 134 Å². The molecule has 1 aromatic carbocycles. The summed E-state index contributed by atoms with van der Waals surface area (Å²) in [5, 5.41) is 9.34. The third-order valence-corrected chi connectivity index (χ3v) is 4.45. The normalized spacial score (nSPS) is 18.3. The molecule has 6 nitrogen and oxygen atoms in total. The van der Waals surface area contributed by atoms with E-state index in [-0.39, 0.29) is 12.5 Å². The van der Waals surface area contributed by atoms with Crippen LogP contribution < -0.4 is 0 Å². The fraction of sp³-hybridized carbons (Fsp3) is 0.471. The van der Waals surface area contributed by atoms with Gasteiger partial charge in [0, 0.05) is 13.0 Å². The van der Waals surface area contributed by atoms with Gasteiger partial charge in [-0.15, -0.1) is 0 Å². The number of carboxylic acid groups (broad SMARTS) is 1. The number of para-hydroxylation sites is 2. The molecule has 1 aliphatic heterocycles. The number of carbonyl (C=O) groups is 2. The Balaban J connectivity index is 1.89. The van der Waals surface area contributed by atoms with Gasteiger partial charge in [0.15, 0.2) is 0 Å². The van der Waals surface area contributed by atoms with Crippen molar-refractivity contribution >= 4 is 22.9 Å². The molecule has 2 aromatic rings. The van der Waals surface area contributed by atoms with Crippen molar-refractivity contribution in [1.29, 1.82) is 0 Å². The van der Waals surface area contributed by atoms with Crippen LogP contribution in [0.15, 0.2) is 24.3 Å². The summed E-state index contributed by atoms with van der Waals surface area (Å²) >= 11 is 0. The van der Waals surface area contributed by atoms with Gasteiger partial charge in [0.1, 0.15) is 18.4 Å². The standard InChI is InChI=1S/C17H21N3O3/c1-2-15-18-12-7-3-4-8-13(12)20(15)11-16(21)19-10-6-5-9-14(19)17(22)23/h3-4,7-8,14H,2,5-6,9-11H2,1H3,(H,22,23). The zero-order valence-electron chi connectivity index (χ0n) is 13.2. The molecule has 2 heterocycles. The number of imidazole rings is 1. The van der Waals surface area contributed by atoms with Crippen molar-refractivity contribution < 1.29 is 14.7 Å². The van der Waals surface area contributed by atoms with Crippen LogP contribution in [0.3, 0.4) is 0 Å². The second-order valence-corrected chi connectivity index (χ2v) is 5.89. The zero-order chi connectivity index (χ0) is 16.4. The van der Waals surface area contributed by atoms with E-state index in [0.29, 0.717) is 13.0 Å². The lowest BCUT2D eigenvalue weighted by atomic mass is 10.0. The van der Waals surface area contributed by atoms with Crippen molar-refractivity contribution in [3.8, 4) is 0 Å². The molecule has 0 saturated carbocycles. The number of aryl methyl sites for hydroxylation is 1. The molecule has 0 aliphatic carbocycles. The largest absolute Gasteiger partial charge is 0.480 e. The molecule has 1 N–H and O–H groups in total. The lowest BCUT2D eigenvalue weighted by Crippen LogP contribution is -2.49. The Hall–Kier alpha value is -2.37. The number of hydrogen-bond acceptors (Lipinski definition) is 3. The first-order valence-corrected chi connectivity index (χ1v) is 8.08. The summed E-state index contributed by atoms with van der Waals surface area (Å²) in [4.78, 5) is 30.2. The molecule has 1 aliphatic rings. The van der Waals surface area contributed by atoms with Crippen LogP contribution in [0.1, 0.15) is 32.0 Å². The smallest absolute Gasteiger partial charge is 0.326 e. The second-order valence-electron chi connectivity index (χ2n) is 5.89. The highest BCUT2D eigenvalue weighted by Crippen LogP contribution is 2.20. The molecule has 0 radical (unpaired) electrons. The number of aromatic nitrogens is 2. The monoisotopic (exact) mass is 315 g/mol. The summed E-state index contributed by atoms with van der Waals surface area (Å²) in [6.07, 6.45) is 2.98. The predicted molar refractivity (Wildman–Crippen MR) is 86.1 cm³/mol. The third-order valence-electron chi connectivity index (χ3n) is 4.45. The van der Waals surface area contributed by atoms with E-state index in [1.54, 1.807) is 0 Å². The van der Waals surface area contributed by atoms with Gasteiger partial charge in [-0.25, -0.2) is 9.78 Å². The number of likely N-dealkylation sites (tertiary alicyclic amines) is 1. The molecule has 23 heavy (non-hydrogen) atoms. The molecule has 6 heteroatoms. The van der Waals surface area contributed by atoms with E-state index in [1.807, 2.05) is 35.8 Å². The van der Waals surface area contributed by atoms with E-state index in [0.717, 1.165) is 36.1 Å². The third kappa shape index (κ3) is 2.93. The predicted octanol–water partition coefficient (Wildman–Crippen LogP) is 2.06. The van der Waals surface area contributed by atoms with Crippen molar-refractivity contribution in [1.82, 2.24) is 14.5 Å². The van der Waals surface area contributed by atoms with Crippen molar-refractivity contribution in [2.45, 2.75) is 45.2 Å². The molecule has 1 amide bonds. The molecule has 1 aromatic heterocycles. The SMILES string of the molecule is CCc1nc2ccccc2n1CC(=O)N1CCCCC1C(=O)O. The van der Waals surface area contributed by atoms with E-state index in [2.05, 4.69) is 4.98 Å². The van der Waals surface area contributed by atoms with Crippen LogP contribution >= 0.6 is 0 Å². The molecule has 1 fully saturated rings. The van der Waals surface area contributed by atoms with E-state index < -0.39 is 12.0 Å². The summed E-state index contributed by atoms with van der Waals surface area (Å²) in [6, 6.07) is 7.02. The molecule has 1 saturated heterocycles. The van der Waals surface area contributed by atoms with Gasteiger partial charge in [-0.1, -0.05) is 19.1 Å². The van der Waals surface area contributed by atoms with Crippen LogP contribution in [0.5, 0.6) is 0 Å². The molecule has 1 unspecified atom stereocenters. The Morgan fingerprint density at radius 1 is 1.30 bits per heavy atom. The first-order valence-electron chi connectivity index (χ1n) is 8.08. The van der Waals surface area contributed by atoms with Crippen LogP contribution in [0.2, 0.25) is 0 Å². The van der Waals surface area contributed by atoms with Crippen LogP contribution in [-0.4, -0.2) is 44.0 Å². The summed E-state index contributed by atoms with van der Waals surface area (Å²) in [7, 11) is 0. The highest BCUT2D eigenvalue weighted by atomic mass is 16.4. The van der Waals surface area contributed by atoms with Gasteiger partial charge in [0.25, 0.3) is 0 Å². The van der Waals surface area contributed by atoms with E-state index in [4.69, 9.17) is 0 Å². The van der Waals surface area contributed by atoms with Crippen molar-refractivity contribution in [3.05, 3.63) is 30.1 Å². The fourth-order valence-corrected chi connectivity index (χ4v) is 3.28. The van der Waals surface area contributed by atoms with Crippen LogP contribution in [0, 0.1) is 0 Å². The quantitative estimate of drug-likeness (QED) is 0.937. The lowest BCUT2D eigenvalue weighted by Gasteiger charge is -2.33. The molecular formula is C17H21N3O3. The first kappa shape index (κ1) is 15.5. The summed E-state index contributed by atoms with van der Waals surface area (Å²) in [6.45, 7) is 2.67. The van der Waals surface area contributed by atoms with Gasteiger partial charge >= 0.3 is 5.97 Å². The molecular weight excluding hydrogens is 294 g/mol. The Morgan fingerprint density at radius 2 is 2.09 bits per heavy atom. The van der Waals surface area contributed by atoms with Crippen molar-refractivity contribution in [2.75, 3.05) is 6.54 Å². The number of aliphatic carboxylic acids is 1. The maximum atomic E-state index is 12.7. The number of fused-ring (bicyclic) bond motifs is 1. The van der Waals surface area contributed by atoms with Gasteiger partial charge in [0.05, 0.1) is 11.0 Å². The maximum Gasteiger partial charge on any atom is 0.326 e. The maximum absolute atomic E-state index is 12.7. The number of rotatable bonds is 4. The highest BCUT2D eigenvalue weighted by molar-refractivity contribution is 5.85. The minimum absolute atomic E-state index is 0.144. The molecule has 122 valence electrons. The van der Waals surface area contributed by atoms with Crippen LogP contribution in [0.4, 0.5) is 0 Å². The number of carboxylic acids is 1. The first-order chi connectivity index (χ1) is 11.1. The lowest BCUT2D eigenvalue weighted by molar-refractivity contribution is -0.152. The van der Waals surface area contributed by atoms with E-state index in [9.17, 15) is 14.7 Å². The molecule has 3 rings (SSSR count). The number of piperidine rings is 1.